The summed E-state index contributed by atoms with van der Waals surface area (Å²) in [6.07, 6.45) is 8.51. The third-order valence-electron chi connectivity index (χ3n) is 5.06. The Hall–Kier alpha value is -0.980. The molecule has 0 spiro atoms. The van der Waals surface area contributed by atoms with Crippen molar-refractivity contribution in [1.29, 1.82) is 0 Å². The van der Waals surface area contributed by atoms with Gasteiger partial charge in [0.1, 0.15) is 0 Å². The maximum absolute atomic E-state index is 12.8. The Bertz CT molecular complexity index is 807. The fraction of sp³-hybridized carbons (Fsp3) is 0.652. The van der Waals surface area contributed by atoms with Crippen LogP contribution in [0.1, 0.15) is 77.3 Å². The Labute approximate surface area is 188 Å². The standard InChI is InChI=1S/C23H39O6PS/c1-5-11-21-16-18-22(19-17-21)14-10-13-20(4)12-8-9-15-23(31(25,26)27)30(24,28-6-2)29-7-3/h12,16-19,23H,5-11,13-15H2,1-4H3,(H,25,26,27)/b20-12+. The molecule has 0 aliphatic rings. The number of aryl methyl sites for hydroxylation is 2. The zero-order valence-electron chi connectivity index (χ0n) is 19.4. The summed E-state index contributed by atoms with van der Waals surface area (Å²) in [4.78, 5) is -1.55. The number of hydrogen-bond donors (Lipinski definition) is 1. The van der Waals surface area contributed by atoms with Crippen molar-refractivity contribution in [3.05, 3.63) is 47.0 Å². The Kier molecular flexibility index (Phi) is 12.9. The molecule has 0 radical (unpaired) electrons. The van der Waals surface area contributed by atoms with Crippen LogP contribution in [-0.2, 0) is 36.6 Å². The van der Waals surface area contributed by atoms with Gasteiger partial charge in [0.2, 0.25) is 0 Å². The highest BCUT2D eigenvalue weighted by Gasteiger charge is 2.43. The fourth-order valence-corrected chi connectivity index (χ4v) is 7.27. The molecule has 0 bridgehead atoms. The second-order valence-electron chi connectivity index (χ2n) is 7.75. The predicted molar refractivity (Wildman–Crippen MR) is 127 cm³/mol. The van der Waals surface area contributed by atoms with Crippen molar-refractivity contribution in [2.24, 2.45) is 0 Å². The van der Waals surface area contributed by atoms with Crippen LogP contribution in [0.25, 0.3) is 0 Å². The van der Waals surface area contributed by atoms with Crippen molar-refractivity contribution in [3.8, 4) is 0 Å². The molecule has 1 aromatic rings. The predicted octanol–water partition coefficient (Wildman–Crippen LogP) is 6.56. The molecule has 1 atom stereocenters. The minimum absolute atomic E-state index is 0.0179. The second-order valence-corrected chi connectivity index (χ2v) is 11.9. The lowest BCUT2D eigenvalue weighted by Gasteiger charge is -2.23. The zero-order chi connectivity index (χ0) is 23.3. The van der Waals surface area contributed by atoms with E-state index in [4.69, 9.17) is 9.05 Å². The van der Waals surface area contributed by atoms with Gasteiger partial charge < -0.3 is 9.05 Å². The first-order valence-electron chi connectivity index (χ1n) is 11.2. The molecule has 0 saturated carbocycles. The molecule has 0 aromatic heterocycles. The second kappa shape index (κ2) is 14.2. The Balaban J connectivity index is 2.52. The highest BCUT2D eigenvalue weighted by atomic mass is 32.2. The van der Waals surface area contributed by atoms with Crippen molar-refractivity contribution in [2.45, 2.75) is 84.1 Å². The highest BCUT2D eigenvalue weighted by Crippen LogP contribution is 2.56. The van der Waals surface area contributed by atoms with E-state index in [1.165, 1.54) is 16.7 Å². The van der Waals surface area contributed by atoms with Gasteiger partial charge in [-0.1, -0.05) is 49.3 Å². The van der Waals surface area contributed by atoms with E-state index in [9.17, 15) is 17.5 Å². The Morgan fingerprint density at radius 1 is 1.03 bits per heavy atom. The molecule has 1 aromatic carbocycles. The lowest BCUT2D eigenvalue weighted by atomic mass is 10.0. The third-order valence-corrected chi connectivity index (χ3v) is 9.76. The monoisotopic (exact) mass is 474 g/mol. The van der Waals surface area contributed by atoms with Gasteiger partial charge >= 0.3 is 7.60 Å². The summed E-state index contributed by atoms with van der Waals surface area (Å²) in [6.45, 7) is 7.56. The summed E-state index contributed by atoms with van der Waals surface area (Å²) in [6, 6.07) is 8.82. The van der Waals surface area contributed by atoms with Crippen LogP contribution in [-0.4, -0.2) is 31.2 Å². The maximum atomic E-state index is 12.8. The van der Waals surface area contributed by atoms with Gasteiger partial charge in [-0.2, -0.15) is 8.42 Å². The van der Waals surface area contributed by atoms with Gasteiger partial charge in [-0.05, 0) is 76.8 Å². The molecule has 0 aliphatic carbocycles. The lowest BCUT2D eigenvalue weighted by Crippen LogP contribution is -2.23. The quantitative estimate of drug-likeness (QED) is 0.126. The van der Waals surface area contributed by atoms with Gasteiger partial charge in [0.05, 0.1) is 13.2 Å². The molecule has 0 saturated heterocycles. The summed E-state index contributed by atoms with van der Waals surface area (Å²) in [5.41, 5.74) is 3.96. The average molecular weight is 475 g/mol. The van der Waals surface area contributed by atoms with Crippen molar-refractivity contribution >= 4 is 17.7 Å². The smallest absolute Gasteiger partial charge is 0.308 e. The maximum Gasteiger partial charge on any atom is 0.351 e. The van der Waals surface area contributed by atoms with Crippen molar-refractivity contribution in [1.82, 2.24) is 0 Å². The molecule has 8 heteroatoms. The van der Waals surface area contributed by atoms with E-state index in [1.807, 2.05) is 0 Å². The first-order valence-corrected chi connectivity index (χ1v) is 14.4. The summed E-state index contributed by atoms with van der Waals surface area (Å²) in [7, 11) is -8.49. The number of hydrogen-bond acceptors (Lipinski definition) is 5. The van der Waals surface area contributed by atoms with Crippen LogP contribution in [0.4, 0.5) is 0 Å². The first-order chi connectivity index (χ1) is 14.7. The van der Waals surface area contributed by atoms with E-state index in [-0.39, 0.29) is 19.6 Å². The summed E-state index contributed by atoms with van der Waals surface area (Å²) in [5, 5.41) is 0. The van der Waals surface area contributed by atoms with E-state index < -0.39 is 22.7 Å². The van der Waals surface area contributed by atoms with Crippen LogP contribution in [0.15, 0.2) is 35.9 Å². The van der Waals surface area contributed by atoms with E-state index in [2.05, 4.69) is 44.2 Å². The zero-order valence-corrected chi connectivity index (χ0v) is 21.1. The number of benzene rings is 1. The van der Waals surface area contributed by atoms with Crippen LogP contribution in [0, 0.1) is 0 Å². The topological polar surface area (TPSA) is 89.9 Å². The minimum atomic E-state index is -4.55. The molecule has 1 N–H and O–H groups in total. The summed E-state index contributed by atoms with van der Waals surface area (Å²) in [5.74, 6) is 0. The van der Waals surface area contributed by atoms with Crippen molar-refractivity contribution in [3.63, 3.8) is 0 Å². The Morgan fingerprint density at radius 3 is 2.06 bits per heavy atom. The molecular weight excluding hydrogens is 435 g/mol. The fourth-order valence-electron chi connectivity index (χ4n) is 3.51. The van der Waals surface area contributed by atoms with E-state index in [0.717, 1.165) is 32.1 Å². The molecule has 1 rings (SSSR count). The van der Waals surface area contributed by atoms with E-state index >= 15 is 0 Å². The van der Waals surface area contributed by atoms with Gasteiger partial charge in [0.25, 0.3) is 10.1 Å². The van der Waals surface area contributed by atoms with E-state index in [0.29, 0.717) is 12.8 Å². The SMILES string of the molecule is CCCc1ccc(CCC/C(C)=C/CCCC(P(=O)(OCC)OCC)S(=O)(=O)O)cc1. The molecule has 0 fully saturated rings. The van der Waals surface area contributed by atoms with E-state index in [1.54, 1.807) is 13.8 Å². The van der Waals surface area contributed by atoms with Gasteiger partial charge in [-0.25, -0.2) is 0 Å². The highest BCUT2D eigenvalue weighted by molar-refractivity contribution is 7.94. The van der Waals surface area contributed by atoms with Crippen molar-refractivity contribution < 1.29 is 26.6 Å². The van der Waals surface area contributed by atoms with Gasteiger partial charge in [-0.3, -0.25) is 9.12 Å². The molecule has 0 amide bonds. The minimum Gasteiger partial charge on any atom is -0.308 e. The molecule has 6 nitrogen and oxygen atoms in total. The number of allylic oxidation sites excluding steroid dienone is 2. The van der Waals surface area contributed by atoms with Crippen LogP contribution in [0.2, 0.25) is 0 Å². The first kappa shape index (κ1) is 28.1. The summed E-state index contributed by atoms with van der Waals surface area (Å²) >= 11 is 0. The van der Waals surface area contributed by atoms with Gasteiger partial charge in [0.15, 0.2) is 4.99 Å². The number of unbranched alkanes of at least 4 members (excludes halogenated alkanes) is 1. The van der Waals surface area contributed by atoms with Crippen LogP contribution < -0.4 is 0 Å². The Morgan fingerprint density at radius 2 is 1.58 bits per heavy atom. The van der Waals surface area contributed by atoms with Crippen LogP contribution >= 0.6 is 7.60 Å². The normalized spacial score (nSPS) is 14.0. The lowest BCUT2D eigenvalue weighted by molar-refractivity contribution is 0.215. The molecule has 178 valence electrons. The summed E-state index contributed by atoms with van der Waals surface area (Å²) < 4.78 is 56.3. The van der Waals surface area contributed by atoms with Gasteiger partial charge in [0, 0.05) is 0 Å². The molecule has 0 heterocycles. The molecule has 31 heavy (non-hydrogen) atoms. The largest absolute Gasteiger partial charge is 0.351 e. The number of rotatable bonds is 16. The average Bonchev–Trinajstić information content (AvgIpc) is 2.68. The molecule has 0 aliphatic heterocycles. The van der Waals surface area contributed by atoms with Crippen LogP contribution in [0.3, 0.4) is 0 Å². The molecular formula is C23H39O6PS. The van der Waals surface area contributed by atoms with Gasteiger partial charge in [-0.15, -0.1) is 0 Å². The third kappa shape index (κ3) is 10.5. The van der Waals surface area contributed by atoms with Crippen molar-refractivity contribution in [2.75, 3.05) is 13.2 Å². The van der Waals surface area contributed by atoms with Crippen LogP contribution in [0.5, 0.6) is 0 Å². The molecule has 1 unspecified atom stereocenters.